The van der Waals surface area contributed by atoms with Gasteiger partial charge in [0.15, 0.2) is 0 Å². The Balaban J connectivity index is 2.07. The molecule has 0 aliphatic rings. The summed E-state index contributed by atoms with van der Waals surface area (Å²) < 4.78 is 0. The molecule has 2 rings (SSSR count). The fourth-order valence-corrected chi connectivity index (χ4v) is 2.61. The van der Waals surface area contributed by atoms with E-state index in [4.69, 9.17) is 5.73 Å². The van der Waals surface area contributed by atoms with E-state index in [1.807, 2.05) is 25.1 Å². The Morgan fingerprint density at radius 2 is 1.95 bits per heavy atom. The average molecular weight is 286 g/mol. The van der Waals surface area contributed by atoms with Crippen LogP contribution in [0.4, 0.5) is 11.5 Å². The van der Waals surface area contributed by atoms with Gasteiger partial charge in [-0.2, -0.15) is 0 Å². The van der Waals surface area contributed by atoms with Crippen molar-refractivity contribution < 1.29 is 0 Å². The predicted octanol–water partition coefficient (Wildman–Crippen LogP) is 3.27. The zero-order chi connectivity index (χ0) is 15.2. The van der Waals surface area contributed by atoms with Gasteiger partial charge in [-0.25, -0.2) is 4.98 Å². The Kier molecular flexibility index (Phi) is 5.39. The Hall–Kier alpha value is -1.81. The number of nitrogens with two attached hydrogens (primary N) is 1. The van der Waals surface area contributed by atoms with E-state index in [0.29, 0.717) is 0 Å². The summed E-state index contributed by atoms with van der Waals surface area (Å²) in [6.07, 6.45) is 1.11. The molecule has 0 spiro atoms. The first kappa shape index (κ1) is 15.6. The quantitative estimate of drug-likeness (QED) is 0.606. The second kappa shape index (κ2) is 7.27. The molecule has 114 valence electrons. The lowest BCUT2D eigenvalue weighted by molar-refractivity contribution is 0.303. The van der Waals surface area contributed by atoms with Crippen molar-refractivity contribution in [2.24, 2.45) is 0 Å². The van der Waals surface area contributed by atoms with E-state index >= 15 is 0 Å². The summed E-state index contributed by atoms with van der Waals surface area (Å²) in [5.74, 6) is 0.942. The molecule has 0 saturated heterocycles. The largest absolute Gasteiger partial charge is 0.398 e. The van der Waals surface area contributed by atoms with Gasteiger partial charge >= 0.3 is 0 Å². The Morgan fingerprint density at radius 1 is 1.19 bits per heavy atom. The van der Waals surface area contributed by atoms with Gasteiger partial charge in [0.2, 0.25) is 0 Å². The number of benzene rings is 1. The lowest BCUT2D eigenvalue weighted by atomic mass is 10.1. The van der Waals surface area contributed by atoms with Crippen molar-refractivity contribution in [1.82, 2.24) is 9.88 Å². The molecule has 3 N–H and O–H groups in total. The van der Waals surface area contributed by atoms with Crippen LogP contribution in [0.15, 0.2) is 24.3 Å². The van der Waals surface area contributed by atoms with Gasteiger partial charge < -0.3 is 16.0 Å². The van der Waals surface area contributed by atoms with Gasteiger partial charge in [0, 0.05) is 28.7 Å². The highest BCUT2D eigenvalue weighted by molar-refractivity contribution is 5.99. The third-order valence-electron chi connectivity index (χ3n) is 3.87. The van der Waals surface area contributed by atoms with Crippen molar-refractivity contribution in [3.05, 3.63) is 30.0 Å². The predicted molar refractivity (Wildman–Crippen MR) is 91.8 cm³/mol. The molecule has 0 saturated carbocycles. The van der Waals surface area contributed by atoms with Gasteiger partial charge in [-0.05, 0) is 45.1 Å². The van der Waals surface area contributed by atoms with E-state index in [0.717, 1.165) is 60.6 Å². The monoisotopic (exact) mass is 286 g/mol. The number of anilines is 2. The standard InChI is InChI=1S/C17H26N4/c1-4-21(5-2)11-7-10-19-17-14-8-6-9-16(18)15(14)12-13(3)20-17/h6,8-9,12H,4-5,7,10-11,18H2,1-3H3,(H,19,20). The molecule has 0 bridgehead atoms. The maximum Gasteiger partial charge on any atom is 0.134 e. The molecular weight excluding hydrogens is 260 g/mol. The summed E-state index contributed by atoms with van der Waals surface area (Å²) in [5.41, 5.74) is 7.86. The highest BCUT2D eigenvalue weighted by Crippen LogP contribution is 2.26. The van der Waals surface area contributed by atoms with Crippen molar-refractivity contribution in [3.8, 4) is 0 Å². The third-order valence-corrected chi connectivity index (χ3v) is 3.87. The van der Waals surface area contributed by atoms with Crippen molar-refractivity contribution in [3.63, 3.8) is 0 Å². The molecule has 0 radical (unpaired) electrons. The SMILES string of the molecule is CCN(CC)CCCNc1nc(C)cc2c(N)cccc12. The molecule has 1 aromatic heterocycles. The van der Waals surface area contributed by atoms with Crippen molar-refractivity contribution in [2.75, 3.05) is 37.2 Å². The van der Waals surface area contributed by atoms with Crippen LogP contribution in [0.5, 0.6) is 0 Å². The van der Waals surface area contributed by atoms with Crippen LogP contribution in [0.2, 0.25) is 0 Å². The number of pyridine rings is 1. The highest BCUT2D eigenvalue weighted by atomic mass is 15.1. The van der Waals surface area contributed by atoms with Crippen LogP contribution in [0.25, 0.3) is 10.8 Å². The van der Waals surface area contributed by atoms with E-state index in [2.05, 4.69) is 35.1 Å². The van der Waals surface area contributed by atoms with Crippen LogP contribution in [0.3, 0.4) is 0 Å². The van der Waals surface area contributed by atoms with Crippen LogP contribution in [-0.2, 0) is 0 Å². The van der Waals surface area contributed by atoms with E-state index in [1.165, 1.54) is 0 Å². The minimum Gasteiger partial charge on any atom is -0.398 e. The van der Waals surface area contributed by atoms with Gasteiger partial charge in [-0.15, -0.1) is 0 Å². The maximum absolute atomic E-state index is 6.06. The van der Waals surface area contributed by atoms with Crippen molar-refractivity contribution in [1.29, 1.82) is 0 Å². The molecule has 4 nitrogen and oxygen atoms in total. The summed E-state index contributed by atoms with van der Waals surface area (Å²) in [7, 11) is 0. The first-order valence-corrected chi connectivity index (χ1v) is 7.77. The second-order valence-electron chi connectivity index (χ2n) is 5.36. The average Bonchev–Trinajstić information content (AvgIpc) is 2.48. The number of rotatable bonds is 7. The minimum absolute atomic E-state index is 0.809. The first-order valence-electron chi connectivity index (χ1n) is 7.77. The molecule has 4 heteroatoms. The number of fused-ring (bicyclic) bond motifs is 1. The number of aryl methyl sites for hydroxylation is 1. The molecule has 1 aromatic carbocycles. The topological polar surface area (TPSA) is 54.2 Å². The van der Waals surface area contributed by atoms with Crippen LogP contribution in [-0.4, -0.2) is 36.1 Å². The van der Waals surface area contributed by atoms with Crippen LogP contribution >= 0.6 is 0 Å². The van der Waals surface area contributed by atoms with Gasteiger partial charge in [0.25, 0.3) is 0 Å². The summed E-state index contributed by atoms with van der Waals surface area (Å²) in [4.78, 5) is 7.05. The molecule has 0 aliphatic heterocycles. The number of nitrogens with zero attached hydrogens (tertiary/aromatic N) is 2. The lowest BCUT2D eigenvalue weighted by Crippen LogP contribution is -2.25. The fraction of sp³-hybridized carbons (Fsp3) is 0.471. The van der Waals surface area contributed by atoms with Crippen LogP contribution < -0.4 is 11.1 Å². The number of nitrogens with one attached hydrogen (secondary N) is 1. The van der Waals surface area contributed by atoms with Crippen LogP contribution in [0.1, 0.15) is 26.0 Å². The highest BCUT2D eigenvalue weighted by Gasteiger charge is 2.06. The van der Waals surface area contributed by atoms with E-state index in [-0.39, 0.29) is 0 Å². The van der Waals surface area contributed by atoms with E-state index in [1.54, 1.807) is 0 Å². The summed E-state index contributed by atoms with van der Waals surface area (Å²) in [6.45, 7) is 10.7. The minimum atomic E-state index is 0.809. The molecule has 0 amide bonds. The van der Waals surface area contributed by atoms with E-state index in [9.17, 15) is 0 Å². The van der Waals surface area contributed by atoms with Gasteiger partial charge in [-0.1, -0.05) is 26.0 Å². The molecule has 0 aliphatic carbocycles. The third kappa shape index (κ3) is 3.85. The van der Waals surface area contributed by atoms with Gasteiger partial charge in [0.05, 0.1) is 0 Å². The Labute approximate surface area is 127 Å². The smallest absolute Gasteiger partial charge is 0.134 e. The molecule has 0 atom stereocenters. The maximum atomic E-state index is 6.06. The zero-order valence-electron chi connectivity index (χ0n) is 13.3. The molecular formula is C17H26N4. The van der Waals surface area contributed by atoms with Crippen LogP contribution in [0, 0.1) is 6.92 Å². The van der Waals surface area contributed by atoms with Crippen molar-refractivity contribution >= 4 is 22.3 Å². The zero-order valence-corrected chi connectivity index (χ0v) is 13.3. The Morgan fingerprint density at radius 3 is 2.67 bits per heavy atom. The summed E-state index contributed by atoms with van der Waals surface area (Å²) in [6, 6.07) is 8.04. The number of aromatic nitrogens is 1. The summed E-state index contributed by atoms with van der Waals surface area (Å²) >= 11 is 0. The lowest BCUT2D eigenvalue weighted by Gasteiger charge is -2.18. The summed E-state index contributed by atoms with van der Waals surface area (Å²) in [5, 5.41) is 5.65. The number of hydrogen-bond donors (Lipinski definition) is 2. The molecule has 2 aromatic rings. The number of nitrogen functional groups attached to an aromatic ring is 1. The van der Waals surface area contributed by atoms with Gasteiger partial charge in [0.1, 0.15) is 5.82 Å². The molecule has 1 heterocycles. The number of hydrogen-bond acceptors (Lipinski definition) is 4. The normalized spacial score (nSPS) is 11.2. The Bertz CT molecular complexity index is 591. The molecule has 21 heavy (non-hydrogen) atoms. The van der Waals surface area contributed by atoms with Gasteiger partial charge in [-0.3, -0.25) is 0 Å². The molecule has 0 fully saturated rings. The van der Waals surface area contributed by atoms with E-state index < -0.39 is 0 Å². The molecule has 0 unspecified atom stereocenters. The second-order valence-corrected chi connectivity index (χ2v) is 5.36. The fourth-order valence-electron chi connectivity index (χ4n) is 2.61. The van der Waals surface area contributed by atoms with Crippen molar-refractivity contribution in [2.45, 2.75) is 27.2 Å². The first-order chi connectivity index (χ1) is 10.2.